The van der Waals surface area contributed by atoms with Gasteiger partial charge in [0, 0.05) is 9.92 Å². The lowest BCUT2D eigenvalue weighted by molar-refractivity contribution is 0.627. The fourth-order valence-electron chi connectivity index (χ4n) is 2.52. The van der Waals surface area contributed by atoms with Crippen molar-refractivity contribution < 1.29 is 0 Å². The highest BCUT2D eigenvalue weighted by molar-refractivity contribution is 7.98. The van der Waals surface area contributed by atoms with Gasteiger partial charge in [0.05, 0.1) is 6.04 Å². The molecule has 1 unspecified atom stereocenters. The lowest BCUT2D eigenvalue weighted by Gasteiger charge is -2.22. The summed E-state index contributed by atoms with van der Waals surface area (Å²) >= 11 is 8.00. The lowest BCUT2D eigenvalue weighted by atomic mass is 9.93. The van der Waals surface area contributed by atoms with Crippen LogP contribution in [0.4, 0.5) is 0 Å². The summed E-state index contributed by atoms with van der Waals surface area (Å²) in [4.78, 5) is 1.29. The van der Waals surface area contributed by atoms with Crippen LogP contribution in [0.5, 0.6) is 0 Å². The molecule has 0 amide bonds. The van der Waals surface area contributed by atoms with E-state index in [9.17, 15) is 0 Å². The van der Waals surface area contributed by atoms with Crippen LogP contribution in [0.3, 0.4) is 0 Å². The van der Waals surface area contributed by atoms with Gasteiger partial charge < -0.3 is 5.32 Å². The second kappa shape index (κ2) is 7.35. The van der Waals surface area contributed by atoms with Crippen LogP contribution in [0.25, 0.3) is 0 Å². The molecule has 1 nitrogen and oxygen atoms in total. The lowest BCUT2D eigenvalue weighted by Crippen LogP contribution is -2.23. The van der Waals surface area contributed by atoms with Crippen LogP contribution >= 0.6 is 23.4 Å². The standard InChI is InChI=1S/C18H22ClNS/c1-5-20-18(14-6-8-15(21-4)9-7-14)16-10-13(3)17(19)11-12(16)2/h6-11,18,20H,5H2,1-4H3. The van der Waals surface area contributed by atoms with E-state index in [0.717, 1.165) is 17.1 Å². The number of rotatable bonds is 5. The number of nitrogens with one attached hydrogen (secondary N) is 1. The second-order valence-electron chi connectivity index (χ2n) is 5.22. The average Bonchev–Trinajstić information content (AvgIpc) is 2.49. The van der Waals surface area contributed by atoms with Gasteiger partial charge in [0.2, 0.25) is 0 Å². The van der Waals surface area contributed by atoms with Gasteiger partial charge in [-0.3, -0.25) is 0 Å². The van der Waals surface area contributed by atoms with E-state index in [1.807, 2.05) is 0 Å². The van der Waals surface area contributed by atoms with Crippen molar-refractivity contribution in [1.29, 1.82) is 0 Å². The Morgan fingerprint density at radius 3 is 2.33 bits per heavy atom. The minimum absolute atomic E-state index is 0.210. The van der Waals surface area contributed by atoms with Crippen molar-refractivity contribution in [2.24, 2.45) is 0 Å². The van der Waals surface area contributed by atoms with E-state index < -0.39 is 0 Å². The Bertz CT molecular complexity index is 607. The number of thioether (sulfide) groups is 1. The average molecular weight is 320 g/mol. The van der Waals surface area contributed by atoms with Crippen molar-refractivity contribution in [3.63, 3.8) is 0 Å². The highest BCUT2D eigenvalue weighted by Crippen LogP contribution is 2.30. The molecule has 2 aromatic rings. The second-order valence-corrected chi connectivity index (χ2v) is 6.51. The van der Waals surface area contributed by atoms with E-state index in [2.05, 4.69) is 68.7 Å². The molecule has 0 fully saturated rings. The molecule has 0 aromatic heterocycles. The fraction of sp³-hybridized carbons (Fsp3) is 0.333. The topological polar surface area (TPSA) is 12.0 Å². The summed E-state index contributed by atoms with van der Waals surface area (Å²) in [6.07, 6.45) is 2.10. The van der Waals surface area contributed by atoms with Gasteiger partial charge in [-0.25, -0.2) is 0 Å². The quantitative estimate of drug-likeness (QED) is 0.743. The van der Waals surface area contributed by atoms with E-state index in [-0.39, 0.29) is 6.04 Å². The summed E-state index contributed by atoms with van der Waals surface area (Å²) in [7, 11) is 0. The SMILES string of the molecule is CCNC(c1ccc(SC)cc1)c1cc(C)c(Cl)cc1C. The molecule has 0 spiro atoms. The van der Waals surface area contributed by atoms with Crippen molar-refractivity contribution >= 4 is 23.4 Å². The molecule has 0 aliphatic heterocycles. The molecular formula is C18H22ClNS. The maximum absolute atomic E-state index is 6.23. The van der Waals surface area contributed by atoms with Gasteiger partial charge in [0.1, 0.15) is 0 Å². The van der Waals surface area contributed by atoms with E-state index in [0.29, 0.717) is 0 Å². The minimum atomic E-state index is 0.210. The molecule has 1 atom stereocenters. The van der Waals surface area contributed by atoms with Crippen molar-refractivity contribution in [2.45, 2.75) is 31.7 Å². The first-order valence-electron chi connectivity index (χ1n) is 7.20. The number of halogens is 1. The van der Waals surface area contributed by atoms with E-state index >= 15 is 0 Å². The predicted octanol–water partition coefficient (Wildman–Crippen LogP) is 5.38. The van der Waals surface area contributed by atoms with Crippen LogP contribution in [0.15, 0.2) is 41.3 Å². The number of benzene rings is 2. The van der Waals surface area contributed by atoms with Gasteiger partial charge in [0.25, 0.3) is 0 Å². The van der Waals surface area contributed by atoms with Crippen molar-refractivity contribution in [1.82, 2.24) is 5.32 Å². The monoisotopic (exact) mass is 319 g/mol. The van der Waals surface area contributed by atoms with Crippen LogP contribution in [0.2, 0.25) is 5.02 Å². The maximum atomic E-state index is 6.23. The van der Waals surface area contributed by atoms with E-state index in [1.54, 1.807) is 11.8 Å². The van der Waals surface area contributed by atoms with Gasteiger partial charge in [-0.2, -0.15) is 0 Å². The third-order valence-corrected chi connectivity index (χ3v) is 4.87. The Hall–Kier alpha value is -0.960. The third-order valence-electron chi connectivity index (χ3n) is 3.72. The fourth-order valence-corrected chi connectivity index (χ4v) is 3.15. The number of hydrogen-bond acceptors (Lipinski definition) is 2. The molecule has 0 saturated heterocycles. The smallest absolute Gasteiger partial charge is 0.0579 e. The summed E-state index contributed by atoms with van der Waals surface area (Å²) in [5.74, 6) is 0. The number of aryl methyl sites for hydroxylation is 2. The Kier molecular flexibility index (Phi) is 5.74. The Morgan fingerprint density at radius 1 is 1.10 bits per heavy atom. The van der Waals surface area contributed by atoms with E-state index in [1.165, 1.54) is 21.6 Å². The summed E-state index contributed by atoms with van der Waals surface area (Å²) < 4.78 is 0. The maximum Gasteiger partial charge on any atom is 0.0579 e. The first-order valence-corrected chi connectivity index (χ1v) is 8.81. The molecule has 0 heterocycles. The summed E-state index contributed by atoms with van der Waals surface area (Å²) in [5, 5.41) is 4.43. The summed E-state index contributed by atoms with van der Waals surface area (Å²) in [6, 6.07) is 13.3. The van der Waals surface area contributed by atoms with Gasteiger partial charge >= 0.3 is 0 Å². The van der Waals surface area contributed by atoms with Crippen LogP contribution in [0.1, 0.15) is 35.2 Å². The van der Waals surface area contributed by atoms with Crippen LogP contribution in [0, 0.1) is 13.8 Å². The Morgan fingerprint density at radius 2 is 1.76 bits per heavy atom. The highest BCUT2D eigenvalue weighted by Gasteiger charge is 2.16. The van der Waals surface area contributed by atoms with Crippen molar-refractivity contribution in [2.75, 3.05) is 12.8 Å². The molecular weight excluding hydrogens is 298 g/mol. The van der Waals surface area contributed by atoms with Crippen LogP contribution < -0.4 is 5.32 Å². The normalized spacial score (nSPS) is 12.4. The first-order chi connectivity index (χ1) is 10.1. The van der Waals surface area contributed by atoms with Gasteiger partial charge in [-0.05, 0) is 67.1 Å². The van der Waals surface area contributed by atoms with E-state index in [4.69, 9.17) is 11.6 Å². The molecule has 1 N–H and O–H groups in total. The minimum Gasteiger partial charge on any atom is -0.307 e. The molecule has 0 aliphatic carbocycles. The zero-order valence-electron chi connectivity index (χ0n) is 13.0. The van der Waals surface area contributed by atoms with Gasteiger partial charge in [0.15, 0.2) is 0 Å². The van der Waals surface area contributed by atoms with Crippen molar-refractivity contribution in [3.05, 3.63) is 63.7 Å². The molecule has 3 heteroatoms. The molecule has 2 aromatic carbocycles. The summed E-state index contributed by atoms with van der Waals surface area (Å²) in [5.41, 5.74) is 4.95. The first kappa shape index (κ1) is 16.4. The van der Waals surface area contributed by atoms with Gasteiger partial charge in [-0.15, -0.1) is 11.8 Å². The predicted molar refractivity (Wildman–Crippen MR) is 94.7 cm³/mol. The number of hydrogen-bond donors (Lipinski definition) is 1. The molecule has 0 aliphatic rings. The Balaban J connectivity index is 2.44. The zero-order chi connectivity index (χ0) is 15.4. The highest BCUT2D eigenvalue weighted by atomic mass is 35.5. The molecule has 0 bridgehead atoms. The largest absolute Gasteiger partial charge is 0.307 e. The summed E-state index contributed by atoms with van der Waals surface area (Å²) in [6.45, 7) is 7.25. The molecule has 112 valence electrons. The van der Waals surface area contributed by atoms with Crippen LogP contribution in [-0.2, 0) is 0 Å². The Labute approximate surface area is 137 Å². The van der Waals surface area contributed by atoms with Gasteiger partial charge in [-0.1, -0.05) is 36.7 Å². The molecule has 2 rings (SSSR count). The zero-order valence-corrected chi connectivity index (χ0v) is 14.6. The third kappa shape index (κ3) is 3.82. The molecule has 0 saturated carbocycles. The van der Waals surface area contributed by atoms with Crippen molar-refractivity contribution in [3.8, 4) is 0 Å². The van der Waals surface area contributed by atoms with Crippen LogP contribution in [-0.4, -0.2) is 12.8 Å². The molecule has 0 radical (unpaired) electrons. The molecule has 21 heavy (non-hydrogen) atoms.